The number of nitrogens with one attached hydrogen (secondary N) is 1. The maximum atomic E-state index is 12.9. The van der Waals surface area contributed by atoms with E-state index in [0.29, 0.717) is 28.8 Å². The second kappa shape index (κ2) is 12.6. The van der Waals surface area contributed by atoms with Crippen LogP contribution in [0.25, 0.3) is 11.2 Å². The van der Waals surface area contributed by atoms with Crippen molar-refractivity contribution in [1.82, 2.24) is 19.5 Å². The summed E-state index contributed by atoms with van der Waals surface area (Å²) in [4.78, 5) is 28.9. The van der Waals surface area contributed by atoms with Crippen molar-refractivity contribution in [2.24, 2.45) is 4.99 Å². The van der Waals surface area contributed by atoms with E-state index in [9.17, 15) is 4.79 Å². The average Bonchev–Trinajstić information content (AvgIpc) is 3.49. The molecular formula is C33H35N5O3Si. The van der Waals surface area contributed by atoms with Crippen LogP contribution in [0.1, 0.15) is 31.1 Å². The van der Waals surface area contributed by atoms with Crippen LogP contribution in [0.15, 0.2) is 121 Å². The molecule has 9 heteroatoms. The fourth-order valence-electron chi connectivity index (χ4n) is 5.13. The summed E-state index contributed by atoms with van der Waals surface area (Å²) in [6, 6.07) is 29.9. The first-order chi connectivity index (χ1) is 20.3. The first-order valence-electron chi connectivity index (χ1n) is 13.8. The summed E-state index contributed by atoms with van der Waals surface area (Å²) in [5.41, 5.74) is 2.70. The molecule has 0 saturated heterocycles. The first kappa shape index (κ1) is 29.1. The molecule has 1 N–H and O–H groups in total. The molecule has 42 heavy (non-hydrogen) atoms. The smallest absolute Gasteiger partial charge is 0.279 e. The van der Waals surface area contributed by atoms with Crippen LogP contribution < -0.4 is 15.9 Å². The van der Waals surface area contributed by atoms with E-state index in [-0.39, 0.29) is 24.3 Å². The van der Waals surface area contributed by atoms with Gasteiger partial charge in [-0.1, -0.05) is 106 Å². The van der Waals surface area contributed by atoms with Gasteiger partial charge in [0.05, 0.1) is 19.5 Å². The van der Waals surface area contributed by atoms with Gasteiger partial charge in [0.25, 0.3) is 14.2 Å². The van der Waals surface area contributed by atoms with Crippen molar-refractivity contribution in [3.8, 4) is 0 Å². The summed E-state index contributed by atoms with van der Waals surface area (Å²) < 4.78 is 14.7. The molecule has 0 bridgehead atoms. The predicted octanol–water partition coefficient (Wildman–Crippen LogP) is 4.61. The third kappa shape index (κ3) is 6.08. The Hall–Kier alpha value is -4.44. The quantitative estimate of drug-likeness (QED) is 0.193. The average molecular weight is 578 g/mol. The molecule has 0 radical (unpaired) electrons. The largest absolute Gasteiger partial charge is 0.403 e. The van der Waals surface area contributed by atoms with Crippen molar-refractivity contribution in [1.29, 1.82) is 0 Å². The summed E-state index contributed by atoms with van der Waals surface area (Å²) in [6.45, 7) is 11.7. The number of carbonyl (C=O) groups is 1. The van der Waals surface area contributed by atoms with Crippen LogP contribution in [-0.2, 0) is 15.9 Å². The van der Waals surface area contributed by atoms with Gasteiger partial charge in [0, 0.05) is 5.56 Å². The van der Waals surface area contributed by atoms with E-state index in [1.807, 2.05) is 18.2 Å². The number of fused-ring (bicyclic) bond motifs is 1. The molecule has 0 saturated carbocycles. The highest BCUT2D eigenvalue weighted by Gasteiger charge is 2.50. The Balaban J connectivity index is 1.34. The first-order valence-corrected chi connectivity index (χ1v) is 15.7. The normalized spacial score (nSPS) is 12.5. The maximum Gasteiger partial charge on any atom is 0.279 e. The molecular weight excluding hydrogens is 542 g/mol. The molecule has 2 aromatic heterocycles. The molecule has 214 valence electrons. The third-order valence-corrected chi connectivity index (χ3v) is 12.1. The van der Waals surface area contributed by atoms with Gasteiger partial charge in [0.2, 0.25) is 0 Å². The maximum absolute atomic E-state index is 12.9. The van der Waals surface area contributed by atoms with E-state index in [4.69, 9.17) is 9.16 Å². The van der Waals surface area contributed by atoms with E-state index >= 15 is 0 Å². The lowest BCUT2D eigenvalue weighted by Gasteiger charge is -2.43. The number of hydrogen-bond donors (Lipinski definition) is 1. The highest BCUT2D eigenvalue weighted by atomic mass is 28.4. The van der Waals surface area contributed by atoms with E-state index in [0.717, 1.165) is 5.57 Å². The Morgan fingerprint density at radius 1 is 0.905 bits per heavy atom. The fraction of sp³-hybridized carbons (Fsp3) is 0.212. The van der Waals surface area contributed by atoms with Gasteiger partial charge in [-0.2, -0.15) is 4.99 Å². The highest BCUT2D eigenvalue weighted by molar-refractivity contribution is 6.99. The predicted molar refractivity (Wildman–Crippen MR) is 167 cm³/mol. The monoisotopic (exact) mass is 577 g/mol. The standard InChI is InChI=1S/C33H35N5O3Si/c1-25(21-41-42(33(2,3)4,27-16-10-6-11-17-27)28-18-12-7-13-19-28)20-40-24-38-23-36-30-29(34-22-35-30)31(38)37-32(39)26-14-8-5-9-15-26/h5-19,22-23H,1,20-21,24H2,2-4H3,(H,34,35). The molecule has 2 heterocycles. The molecule has 0 aliphatic heterocycles. The summed E-state index contributed by atoms with van der Waals surface area (Å²) >= 11 is 0. The zero-order chi connectivity index (χ0) is 29.6. The molecule has 0 aliphatic carbocycles. The topological polar surface area (TPSA) is 94.4 Å². The molecule has 5 rings (SSSR count). The fourth-order valence-corrected chi connectivity index (χ4v) is 9.71. The van der Waals surface area contributed by atoms with Crippen LogP contribution in [0.2, 0.25) is 5.04 Å². The van der Waals surface area contributed by atoms with Gasteiger partial charge < -0.3 is 14.1 Å². The molecule has 1 amide bonds. The lowest BCUT2D eigenvalue weighted by Crippen LogP contribution is -2.66. The van der Waals surface area contributed by atoms with Crippen molar-refractivity contribution >= 4 is 35.8 Å². The summed E-state index contributed by atoms with van der Waals surface area (Å²) in [7, 11) is -2.69. The van der Waals surface area contributed by atoms with Crippen molar-refractivity contribution in [2.45, 2.75) is 32.5 Å². The second-order valence-corrected chi connectivity index (χ2v) is 15.4. The number of imidazole rings is 1. The number of aromatic nitrogens is 4. The number of hydrogen-bond acceptors (Lipinski definition) is 5. The molecule has 0 fully saturated rings. The molecule has 5 aromatic rings. The molecule has 0 spiro atoms. The molecule has 8 nitrogen and oxygen atoms in total. The molecule has 0 atom stereocenters. The Morgan fingerprint density at radius 2 is 1.50 bits per heavy atom. The zero-order valence-electron chi connectivity index (χ0n) is 24.2. The number of nitrogens with zero attached hydrogens (tertiary/aromatic N) is 4. The lowest BCUT2D eigenvalue weighted by atomic mass is 10.2. The molecule has 0 aliphatic rings. The van der Waals surface area contributed by atoms with Crippen LogP contribution in [0.3, 0.4) is 0 Å². The Morgan fingerprint density at radius 3 is 2.10 bits per heavy atom. The summed E-state index contributed by atoms with van der Waals surface area (Å²) in [5.74, 6) is -0.366. The van der Waals surface area contributed by atoms with Crippen LogP contribution in [-0.4, -0.2) is 47.0 Å². The Kier molecular flexibility index (Phi) is 8.72. The summed E-state index contributed by atoms with van der Waals surface area (Å²) in [6.07, 6.45) is 3.10. The number of ether oxygens (including phenoxy) is 1. The van der Waals surface area contributed by atoms with E-state index in [1.54, 1.807) is 35.2 Å². The number of rotatable bonds is 10. The van der Waals surface area contributed by atoms with Crippen molar-refractivity contribution < 1.29 is 14.0 Å². The number of aromatic amines is 1. The van der Waals surface area contributed by atoms with Gasteiger partial charge >= 0.3 is 0 Å². The SMILES string of the molecule is C=C(COCn1cnc2nc[nH]c2c1=NC(=O)c1ccccc1)CO[Si](c1ccccc1)(c1ccccc1)C(C)(C)C. The summed E-state index contributed by atoms with van der Waals surface area (Å²) in [5, 5.41) is 2.28. The van der Waals surface area contributed by atoms with Gasteiger partial charge in [0.1, 0.15) is 18.6 Å². The lowest BCUT2D eigenvalue weighted by molar-refractivity contribution is 0.0860. The number of amides is 1. The third-order valence-electron chi connectivity index (χ3n) is 7.11. The van der Waals surface area contributed by atoms with Gasteiger partial charge in [-0.15, -0.1) is 0 Å². The number of carbonyl (C=O) groups excluding carboxylic acids is 1. The van der Waals surface area contributed by atoms with Crippen LogP contribution >= 0.6 is 0 Å². The second-order valence-electron chi connectivity index (χ2n) is 11.1. The van der Waals surface area contributed by atoms with Crippen LogP contribution in [0.4, 0.5) is 0 Å². The van der Waals surface area contributed by atoms with E-state index < -0.39 is 8.32 Å². The van der Waals surface area contributed by atoms with Crippen LogP contribution in [0.5, 0.6) is 0 Å². The van der Waals surface area contributed by atoms with Gasteiger partial charge in [-0.25, -0.2) is 9.97 Å². The van der Waals surface area contributed by atoms with E-state index in [2.05, 4.69) is 95.8 Å². The van der Waals surface area contributed by atoms with Gasteiger partial charge in [-0.3, -0.25) is 9.36 Å². The number of benzene rings is 3. The minimum Gasteiger partial charge on any atom is -0.403 e. The van der Waals surface area contributed by atoms with Crippen molar-refractivity contribution in [3.63, 3.8) is 0 Å². The Labute approximate surface area is 246 Å². The zero-order valence-corrected chi connectivity index (χ0v) is 25.2. The van der Waals surface area contributed by atoms with E-state index in [1.165, 1.54) is 16.7 Å². The highest BCUT2D eigenvalue weighted by Crippen LogP contribution is 2.36. The van der Waals surface area contributed by atoms with Gasteiger partial charge in [0.15, 0.2) is 11.1 Å². The van der Waals surface area contributed by atoms with Gasteiger partial charge in [-0.05, 0) is 33.1 Å². The molecule has 0 unspecified atom stereocenters. The van der Waals surface area contributed by atoms with Crippen LogP contribution in [0, 0.1) is 0 Å². The molecule has 3 aromatic carbocycles. The minimum absolute atomic E-state index is 0.112. The minimum atomic E-state index is -2.69. The Bertz CT molecular complexity index is 1690. The van der Waals surface area contributed by atoms with Crippen molar-refractivity contribution in [2.75, 3.05) is 13.2 Å². The number of H-pyrrole nitrogens is 1. The van der Waals surface area contributed by atoms with Crippen molar-refractivity contribution in [3.05, 3.63) is 127 Å².